The molecule has 0 spiro atoms. The van der Waals surface area contributed by atoms with Crippen molar-refractivity contribution in [3.8, 4) is 11.4 Å². The highest BCUT2D eigenvalue weighted by Crippen LogP contribution is 2.36. The Kier molecular flexibility index (Phi) is 5.30. The Labute approximate surface area is 194 Å². The largest absolute Gasteiger partial charge is 0.328 e. The maximum atomic E-state index is 13.4. The number of nitro groups is 1. The zero-order valence-electron chi connectivity index (χ0n) is 18.0. The van der Waals surface area contributed by atoms with Crippen molar-refractivity contribution in [3.05, 3.63) is 106 Å². The smallest absolute Gasteiger partial charge is 0.269 e. The molecule has 1 aliphatic rings. The molecule has 1 aliphatic heterocycles. The Morgan fingerprint density at radius 3 is 2.53 bits per heavy atom. The van der Waals surface area contributed by atoms with E-state index in [4.69, 9.17) is 0 Å². The first-order chi connectivity index (χ1) is 16.5. The number of rotatable bonds is 5. The molecule has 0 saturated carbocycles. The fraction of sp³-hybridized carbons (Fsp3) is 0.0833. The monoisotopic (exact) mass is 453 g/mol. The molecule has 0 bridgehead atoms. The minimum Gasteiger partial charge on any atom is -0.328 e. The number of aromatic nitrogens is 4. The van der Waals surface area contributed by atoms with Gasteiger partial charge in [0.05, 0.1) is 22.4 Å². The van der Waals surface area contributed by atoms with Crippen molar-refractivity contribution in [1.29, 1.82) is 0 Å². The zero-order chi connectivity index (χ0) is 23.7. The second-order valence-electron chi connectivity index (χ2n) is 7.68. The number of carbonyl (C=O) groups excluding carboxylic acids is 1. The summed E-state index contributed by atoms with van der Waals surface area (Å²) < 4.78 is 1.66. The fourth-order valence-electron chi connectivity index (χ4n) is 3.88. The van der Waals surface area contributed by atoms with Crippen molar-refractivity contribution >= 4 is 23.2 Å². The zero-order valence-corrected chi connectivity index (χ0v) is 18.0. The highest BCUT2D eigenvalue weighted by Gasteiger charge is 2.34. The molecule has 1 unspecified atom stereocenters. The van der Waals surface area contributed by atoms with Crippen LogP contribution in [0.4, 0.5) is 17.3 Å². The Morgan fingerprint density at radius 1 is 1.09 bits per heavy atom. The topological polar surface area (TPSA) is 128 Å². The Morgan fingerprint density at radius 2 is 1.85 bits per heavy atom. The number of benzene rings is 2. The molecule has 168 valence electrons. The van der Waals surface area contributed by atoms with E-state index in [-0.39, 0.29) is 11.6 Å². The number of pyridine rings is 1. The Hall–Kier alpha value is -4.86. The van der Waals surface area contributed by atoms with Gasteiger partial charge in [0.25, 0.3) is 11.6 Å². The summed E-state index contributed by atoms with van der Waals surface area (Å²) in [6.07, 6.45) is 3.21. The van der Waals surface area contributed by atoms with Crippen LogP contribution in [0, 0.1) is 10.1 Å². The van der Waals surface area contributed by atoms with Gasteiger partial charge in [0.15, 0.2) is 5.82 Å². The average Bonchev–Trinajstić information content (AvgIpc) is 3.28. The summed E-state index contributed by atoms with van der Waals surface area (Å²) in [4.78, 5) is 32.6. The number of anilines is 2. The highest BCUT2D eigenvalue weighted by molar-refractivity contribution is 6.05. The second kappa shape index (κ2) is 8.58. The summed E-state index contributed by atoms with van der Waals surface area (Å²) in [5, 5.41) is 21.7. The summed E-state index contributed by atoms with van der Waals surface area (Å²) in [5.74, 6) is 0.572. The molecule has 34 heavy (non-hydrogen) atoms. The number of carbonyl (C=O) groups is 1. The van der Waals surface area contributed by atoms with Gasteiger partial charge in [0.2, 0.25) is 5.95 Å². The van der Waals surface area contributed by atoms with Crippen molar-refractivity contribution in [1.82, 2.24) is 19.7 Å². The van der Waals surface area contributed by atoms with Crippen LogP contribution in [0.1, 0.15) is 18.5 Å². The highest BCUT2D eigenvalue weighted by atomic mass is 16.6. The lowest BCUT2D eigenvalue weighted by Crippen LogP contribution is -2.31. The van der Waals surface area contributed by atoms with E-state index in [9.17, 15) is 14.9 Å². The molecule has 1 amide bonds. The van der Waals surface area contributed by atoms with Crippen molar-refractivity contribution in [2.45, 2.75) is 13.0 Å². The fourth-order valence-corrected chi connectivity index (χ4v) is 3.88. The number of nitro benzene ring substituents is 1. The molecule has 1 atom stereocenters. The first-order valence-electron chi connectivity index (χ1n) is 10.5. The third-order valence-electron chi connectivity index (χ3n) is 5.47. The molecule has 0 aliphatic carbocycles. The summed E-state index contributed by atoms with van der Waals surface area (Å²) in [6.45, 7) is 1.82. The number of nitrogens with zero attached hydrogens (tertiary/aromatic N) is 5. The minimum absolute atomic E-state index is 0.0140. The summed E-state index contributed by atoms with van der Waals surface area (Å²) >= 11 is 0. The van der Waals surface area contributed by atoms with E-state index in [2.05, 4.69) is 25.7 Å². The number of nitrogens with one attached hydrogen (secondary N) is 2. The molecule has 10 heteroatoms. The maximum absolute atomic E-state index is 13.4. The maximum Gasteiger partial charge on any atom is 0.269 e. The number of hydrogen-bond acceptors (Lipinski definition) is 7. The lowest BCUT2D eigenvalue weighted by atomic mass is 9.95. The van der Waals surface area contributed by atoms with Gasteiger partial charge in [-0.25, -0.2) is 4.68 Å². The van der Waals surface area contributed by atoms with Gasteiger partial charge in [0.1, 0.15) is 6.04 Å². The average molecular weight is 453 g/mol. The minimum atomic E-state index is -0.534. The van der Waals surface area contributed by atoms with Crippen LogP contribution in [-0.2, 0) is 4.79 Å². The molecule has 0 fully saturated rings. The van der Waals surface area contributed by atoms with E-state index in [1.54, 1.807) is 41.3 Å². The summed E-state index contributed by atoms with van der Waals surface area (Å²) in [5.41, 5.74) is 3.18. The van der Waals surface area contributed by atoms with E-state index in [0.717, 1.165) is 5.56 Å². The molecular weight excluding hydrogens is 434 g/mol. The molecule has 10 nitrogen and oxygen atoms in total. The van der Waals surface area contributed by atoms with Crippen molar-refractivity contribution in [2.24, 2.45) is 0 Å². The number of hydrogen-bond donors (Lipinski definition) is 2. The van der Waals surface area contributed by atoms with Crippen LogP contribution in [0.3, 0.4) is 0 Å². The van der Waals surface area contributed by atoms with Crippen LogP contribution in [0.5, 0.6) is 0 Å². The first-order valence-corrected chi connectivity index (χ1v) is 10.5. The van der Waals surface area contributed by atoms with Crippen LogP contribution >= 0.6 is 0 Å². The van der Waals surface area contributed by atoms with Crippen molar-refractivity contribution in [2.75, 3.05) is 10.6 Å². The Balaban J connectivity index is 1.57. The summed E-state index contributed by atoms with van der Waals surface area (Å²) in [6, 6.07) is 18.6. The number of non-ortho nitro benzene ring substituents is 1. The van der Waals surface area contributed by atoms with Crippen molar-refractivity contribution in [3.63, 3.8) is 0 Å². The van der Waals surface area contributed by atoms with E-state index in [1.165, 1.54) is 12.1 Å². The van der Waals surface area contributed by atoms with Crippen LogP contribution < -0.4 is 10.6 Å². The third kappa shape index (κ3) is 3.88. The Bertz CT molecular complexity index is 1400. The normalized spacial score (nSPS) is 14.8. The molecule has 4 aromatic rings. The summed E-state index contributed by atoms with van der Waals surface area (Å²) in [7, 11) is 0. The molecule has 0 saturated heterocycles. The first kappa shape index (κ1) is 21.0. The standard InChI is InChI=1S/C24H19N7O3/c1-15-20(23(32)27-18-8-5-13-25-14-18)21(16-6-3-2-4-7-16)30-24(26-15)28-22(29-30)17-9-11-19(12-10-17)31(33)34/h2-14,21H,1H3,(H,27,32)(H,26,28,29). The lowest BCUT2D eigenvalue weighted by Gasteiger charge is -2.28. The molecule has 3 heterocycles. The number of allylic oxidation sites excluding steroid dienone is 1. The van der Waals surface area contributed by atoms with Crippen LogP contribution in [0.25, 0.3) is 11.4 Å². The van der Waals surface area contributed by atoms with Gasteiger partial charge in [-0.15, -0.1) is 5.10 Å². The lowest BCUT2D eigenvalue weighted by molar-refractivity contribution is -0.384. The molecule has 2 aromatic heterocycles. The van der Waals surface area contributed by atoms with Crippen molar-refractivity contribution < 1.29 is 9.72 Å². The van der Waals surface area contributed by atoms with E-state index in [1.807, 2.05) is 37.3 Å². The van der Waals surface area contributed by atoms with Crippen LogP contribution in [0.2, 0.25) is 0 Å². The predicted molar refractivity (Wildman–Crippen MR) is 126 cm³/mol. The SMILES string of the molecule is CC1=C(C(=O)Nc2cccnc2)C(c2ccccc2)n2nc(-c3ccc([N+](=O)[O-])cc3)nc2N1. The van der Waals surface area contributed by atoms with Gasteiger partial charge < -0.3 is 10.6 Å². The quantitative estimate of drug-likeness (QED) is 0.343. The molecule has 5 rings (SSSR count). The van der Waals surface area contributed by atoms with E-state index < -0.39 is 11.0 Å². The molecule has 0 radical (unpaired) electrons. The van der Waals surface area contributed by atoms with Crippen LogP contribution in [0.15, 0.2) is 90.4 Å². The molecular formula is C24H19N7O3. The van der Waals surface area contributed by atoms with Gasteiger partial charge in [-0.2, -0.15) is 4.98 Å². The second-order valence-corrected chi connectivity index (χ2v) is 7.68. The number of fused-ring (bicyclic) bond motifs is 1. The number of amides is 1. The van der Waals surface area contributed by atoms with Gasteiger partial charge in [0, 0.05) is 29.6 Å². The van der Waals surface area contributed by atoms with E-state index in [0.29, 0.717) is 34.3 Å². The van der Waals surface area contributed by atoms with E-state index >= 15 is 0 Å². The van der Waals surface area contributed by atoms with Gasteiger partial charge in [-0.3, -0.25) is 19.9 Å². The van der Waals surface area contributed by atoms with Gasteiger partial charge in [-0.1, -0.05) is 30.3 Å². The predicted octanol–water partition coefficient (Wildman–Crippen LogP) is 4.18. The molecule has 2 N–H and O–H groups in total. The molecule has 2 aromatic carbocycles. The van der Waals surface area contributed by atoms with Gasteiger partial charge in [-0.05, 0) is 36.8 Å². The van der Waals surface area contributed by atoms with Crippen LogP contribution in [-0.4, -0.2) is 30.6 Å². The third-order valence-corrected chi connectivity index (χ3v) is 5.47. The van der Waals surface area contributed by atoms with Gasteiger partial charge >= 0.3 is 0 Å².